The van der Waals surface area contributed by atoms with Crippen molar-refractivity contribution in [3.63, 3.8) is 0 Å². The van der Waals surface area contributed by atoms with E-state index in [0.29, 0.717) is 12.4 Å². The Kier molecular flexibility index (Phi) is 6.61. The molecule has 0 saturated carbocycles. The molecule has 1 fully saturated rings. The summed E-state index contributed by atoms with van der Waals surface area (Å²) in [7, 11) is 1.64. The van der Waals surface area contributed by atoms with E-state index >= 15 is 0 Å². The largest absolute Gasteiger partial charge is 0.481 e. The van der Waals surface area contributed by atoms with Crippen LogP contribution in [0, 0.1) is 6.92 Å². The molecule has 6 nitrogen and oxygen atoms in total. The van der Waals surface area contributed by atoms with Gasteiger partial charge in [-0.15, -0.1) is 0 Å². The molecule has 0 radical (unpaired) electrons. The van der Waals surface area contributed by atoms with E-state index in [1.165, 1.54) is 11.1 Å². The summed E-state index contributed by atoms with van der Waals surface area (Å²) in [5, 5.41) is 4.63. The smallest absolute Gasteiger partial charge is 0.411 e. The highest BCUT2D eigenvalue weighted by molar-refractivity contribution is 5.80. The Morgan fingerprint density at radius 2 is 1.91 bits per heavy atom. The van der Waals surface area contributed by atoms with Crippen LogP contribution in [-0.4, -0.2) is 35.4 Å². The van der Waals surface area contributed by atoms with E-state index < -0.39 is 0 Å². The van der Waals surface area contributed by atoms with Crippen molar-refractivity contribution in [3.8, 4) is 5.88 Å². The normalized spacial score (nSPS) is 18.3. The Balaban J connectivity index is 1.59. The molecule has 1 aromatic heterocycles. The van der Waals surface area contributed by atoms with Gasteiger partial charge in [-0.3, -0.25) is 10.2 Å². The van der Waals surface area contributed by atoms with E-state index in [0.717, 1.165) is 29.3 Å². The highest BCUT2D eigenvalue weighted by Crippen LogP contribution is 2.37. The molecule has 32 heavy (non-hydrogen) atoms. The minimum Gasteiger partial charge on any atom is -0.481 e. The molecule has 2 heterocycles. The van der Waals surface area contributed by atoms with E-state index in [9.17, 15) is 4.79 Å². The number of aromatic nitrogens is 1. The van der Waals surface area contributed by atoms with Crippen molar-refractivity contribution in [3.05, 3.63) is 71.3 Å². The summed E-state index contributed by atoms with van der Waals surface area (Å²) in [6.07, 6.45) is 1.12. The molecule has 6 heteroatoms. The molecule has 1 aliphatic heterocycles. The van der Waals surface area contributed by atoms with E-state index in [2.05, 4.69) is 35.4 Å². The maximum Gasteiger partial charge on any atom is 0.411 e. The third-order valence-corrected chi connectivity index (χ3v) is 5.96. The van der Waals surface area contributed by atoms with Gasteiger partial charge in [0.25, 0.3) is 0 Å². The first-order valence-corrected chi connectivity index (χ1v) is 11.2. The van der Waals surface area contributed by atoms with Gasteiger partial charge in [0, 0.05) is 17.5 Å². The van der Waals surface area contributed by atoms with Gasteiger partial charge in [0.2, 0.25) is 5.88 Å². The number of benzene rings is 2. The van der Waals surface area contributed by atoms with Crippen LogP contribution in [0.3, 0.4) is 0 Å². The number of hydrogen-bond donors (Lipinski definition) is 1. The zero-order valence-electron chi connectivity index (χ0n) is 19.2. The summed E-state index contributed by atoms with van der Waals surface area (Å²) in [6, 6.07) is 18.3. The van der Waals surface area contributed by atoms with Gasteiger partial charge in [0.1, 0.15) is 0 Å². The summed E-state index contributed by atoms with van der Waals surface area (Å²) >= 11 is 0. The second-order valence-electron chi connectivity index (χ2n) is 8.54. The van der Waals surface area contributed by atoms with Crippen molar-refractivity contribution >= 4 is 17.0 Å². The molecule has 168 valence electrons. The molecule has 1 aliphatic rings. The molecular formula is C26H31N3O3. The minimum atomic E-state index is -0.285. The van der Waals surface area contributed by atoms with Crippen molar-refractivity contribution in [1.29, 1.82) is 0 Å². The summed E-state index contributed by atoms with van der Waals surface area (Å²) in [6.45, 7) is 6.39. The Labute approximate surface area is 189 Å². The number of pyridine rings is 1. The third-order valence-electron chi connectivity index (χ3n) is 5.96. The highest BCUT2D eigenvalue weighted by Gasteiger charge is 2.39. The Hall–Kier alpha value is -3.12. The quantitative estimate of drug-likeness (QED) is 0.568. The standard InChI is InChI=1S/C26H31N3O3/c1-17(2)32-26(30)29-23(21-11-7-5-9-18(21)3)13-14-24(29)27-16-20-15-19-10-6-8-12-22(19)28-25(20)31-4/h5-12,15,17,23-24,27H,13-14,16H2,1-4H3. The first kappa shape index (κ1) is 22.1. The van der Waals surface area contributed by atoms with Crippen LogP contribution in [0.15, 0.2) is 54.6 Å². The average molecular weight is 434 g/mol. The summed E-state index contributed by atoms with van der Waals surface area (Å²) < 4.78 is 11.2. The lowest BCUT2D eigenvalue weighted by atomic mass is 10.00. The highest BCUT2D eigenvalue weighted by atomic mass is 16.6. The number of amides is 1. The van der Waals surface area contributed by atoms with Crippen molar-refractivity contribution in [2.24, 2.45) is 0 Å². The van der Waals surface area contributed by atoms with Gasteiger partial charge in [-0.1, -0.05) is 42.5 Å². The van der Waals surface area contributed by atoms with E-state index in [-0.39, 0.29) is 24.4 Å². The fourth-order valence-electron chi connectivity index (χ4n) is 4.47. The number of carbonyl (C=O) groups is 1. The number of likely N-dealkylation sites (tertiary alicyclic amines) is 1. The lowest BCUT2D eigenvalue weighted by Crippen LogP contribution is -2.46. The molecule has 0 bridgehead atoms. The number of hydrogen-bond acceptors (Lipinski definition) is 5. The third kappa shape index (κ3) is 4.55. The number of fused-ring (bicyclic) bond motifs is 1. The number of rotatable bonds is 6. The number of para-hydroxylation sites is 1. The number of nitrogens with one attached hydrogen (secondary N) is 1. The van der Waals surface area contributed by atoms with Crippen LogP contribution in [0.5, 0.6) is 5.88 Å². The molecule has 4 rings (SSSR count). The molecule has 2 unspecified atom stereocenters. The van der Waals surface area contributed by atoms with E-state index in [1.807, 2.05) is 55.1 Å². The SMILES string of the molecule is COc1nc2ccccc2cc1CNC1CCC(c2ccccc2C)N1C(=O)OC(C)C. The van der Waals surface area contributed by atoms with Gasteiger partial charge < -0.3 is 9.47 Å². The molecule has 1 N–H and O–H groups in total. The molecule has 3 aromatic rings. The molecule has 0 aliphatic carbocycles. The summed E-state index contributed by atoms with van der Waals surface area (Å²) in [5.41, 5.74) is 4.21. The van der Waals surface area contributed by atoms with Crippen molar-refractivity contribution in [2.45, 2.75) is 58.5 Å². The van der Waals surface area contributed by atoms with Crippen LogP contribution >= 0.6 is 0 Å². The van der Waals surface area contributed by atoms with Crippen molar-refractivity contribution in [2.75, 3.05) is 7.11 Å². The van der Waals surface area contributed by atoms with Gasteiger partial charge in [-0.25, -0.2) is 9.78 Å². The fourth-order valence-corrected chi connectivity index (χ4v) is 4.47. The molecule has 0 spiro atoms. The molecule has 2 atom stereocenters. The molecule has 1 amide bonds. The lowest BCUT2D eigenvalue weighted by molar-refractivity contribution is 0.0555. The lowest BCUT2D eigenvalue weighted by Gasteiger charge is -2.32. The van der Waals surface area contributed by atoms with Gasteiger partial charge in [-0.05, 0) is 56.9 Å². The number of carbonyl (C=O) groups excluding carboxylic acids is 1. The number of ether oxygens (including phenoxy) is 2. The number of nitrogens with zero attached hydrogens (tertiary/aromatic N) is 2. The first-order chi connectivity index (χ1) is 15.5. The summed E-state index contributed by atoms with van der Waals surface area (Å²) in [5.74, 6) is 0.598. The zero-order valence-corrected chi connectivity index (χ0v) is 19.2. The Bertz CT molecular complexity index is 1100. The number of methoxy groups -OCH3 is 1. The predicted octanol–water partition coefficient (Wildman–Crippen LogP) is 5.35. The second kappa shape index (κ2) is 9.57. The van der Waals surface area contributed by atoms with E-state index in [4.69, 9.17) is 9.47 Å². The topological polar surface area (TPSA) is 63.7 Å². The Morgan fingerprint density at radius 1 is 1.16 bits per heavy atom. The van der Waals surface area contributed by atoms with Crippen LogP contribution in [0.25, 0.3) is 10.9 Å². The molecular weight excluding hydrogens is 402 g/mol. The number of aryl methyl sites for hydroxylation is 1. The van der Waals surface area contributed by atoms with Gasteiger partial charge in [-0.2, -0.15) is 0 Å². The van der Waals surface area contributed by atoms with Crippen LogP contribution in [0.1, 0.15) is 49.4 Å². The predicted molar refractivity (Wildman–Crippen MR) is 126 cm³/mol. The maximum atomic E-state index is 13.1. The minimum absolute atomic E-state index is 0.0171. The van der Waals surface area contributed by atoms with Crippen LogP contribution in [0.4, 0.5) is 4.79 Å². The maximum absolute atomic E-state index is 13.1. The zero-order chi connectivity index (χ0) is 22.7. The summed E-state index contributed by atoms with van der Waals surface area (Å²) in [4.78, 5) is 19.6. The average Bonchev–Trinajstić information content (AvgIpc) is 3.20. The Morgan fingerprint density at radius 3 is 2.66 bits per heavy atom. The van der Waals surface area contributed by atoms with Gasteiger partial charge in [0.05, 0.1) is 30.9 Å². The van der Waals surface area contributed by atoms with Crippen LogP contribution in [-0.2, 0) is 11.3 Å². The molecule has 2 aromatic carbocycles. The fraction of sp³-hybridized carbons (Fsp3) is 0.385. The van der Waals surface area contributed by atoms with Crippen LogP contribution in [0.2, 0.25) is 0 Å². The first-order valence-electron chi connectivity index (χ1n) is 11.2. The van der Waals surface area contributed by atoms with Gasteiger partial charge in [0.15, 0.2) is 0 Å². The molecule has 1 saturated heterocycles. The van der Waals surface area contributed by atoms with E-state index in [1.54, 1.807) is 7.11 Å². The van der Waals surface area contributed by atoms with Crippen molar-refractivity contribution in [1.82, 2.24) is 15.2 Å². The van der Waals surface area contributed by atoms with Crippen molar-refractivity contribution < 1.29 is 14.3 Å². The van der Waals surface area contributed by atoms with Crippen LogP contribution < -0.4 is 10.1 Å². The second-order valence-corrected chi connectivity index (χ2v) is 8.54. The van der Waals surface area contributed by atoms with Gasteiger partial charge >= 0.3 is 6.09 Å². The monoisotopic (exact) mass is 433 g/mol.